The van der Waals surface area contributed by atoms with Gasteiger partial charge in [-0.2, -0.15) is 0 Å². The molecule has 3 aromatic carbocycles. The summed E-state index contributed by atoms with van der Waals surface area (Å²) in [5.41, 5.74) is 4.35. The molecule has 0 amide bonds. The van der Waals surface area contributed by atoms with Gasteiger partial charge in [0.15, 0.2) is 0 Å². The second-order valence-electron chi connectivity index (χ2n) is 7.06. The lowest BCUT2D eigenvalue weighted by Gasteiger charge is -2.06. The Labute approximate surface area is 173 Å². The molecule has 0 atom stereocenters. The Hall–Kier alpha value is -3.05. The van der Waals surface area contributed by atoms with Gasteiger partial charge in [0.05, 0.1) is 6.61 Å². The van der Waals surface area contributed by atoms with E-state index in [0.29, 0.717) is 17.7 Å². The molecular weight excluding hydrogens is 359 g/mol. The van der Waals surface area contributed by atoms with Crippen LogP contribution >= 0.6 is 0 Å². The molecule has 0 aliphatic rings. The van der Waals surface area contributed by atoms with Gasteiger partial charge in [0.1, 0.15) is 11.6 Å². The minimum Gasteiger partial charge on any atom is -0.494 e. The van der Waals surface area contributed by atoms with Crippen LogP contribution in [0.1, 0.15) is 49.8 Å². The maximum absolute atomic E-state index is 14.7. The summed E-state index contributed by atoms with van der Waals surface area (Å²) in [6, 6.07) is 21.0. The molecule has 148 valence electrons. The molecule has 0 N–H and O–H groups in total. The maximum Gasteiger partial charge on any atom is 0.132 e. The van der Waals surface area contributed by atoms with E-state index in [2.05, 4.69) is 30.9 Å². The van der Waals surface area contributed by atoms with Crippen LogP contribution < -0.4 is 4.74 Å². The van der Waals surface area contributed by atoms with Gasteiger partial charge >= 0.3 is 0 Å². The molecule has 2 heteroatoms. The van der Waals surface area contributed by atoms with Gasteiger partial charge in [0.25, 0.3) is 0 Å². The van der Waals surface area contributed by atoms with Crippen LogP contribution in [-0.4, -0.2) is 6.61 Å². The van der Waals surface area contributed by atoms with Crippen LogP contribution in [0.5, 0.6) is 5.75 Å². The first-order valence-electron chi connectivity index (χ1n) is 10.3. The lowest BCUT2D eigenvalue weighted by Crippen LogP contribution is -1.90. The van der Waals surface area contributed by atoms with E-state index >= 15 is 0 Å². The van der Waals surface area contributed by atoms with Gasteiger partial charge in [-0.3, -0.25) is 0 Å². The zero-order valence-electron chi connectivity index (χ0n) is 17.2. The van der Waals surface area contributed by atoms with E-state index in [0.717, 1.165) is 23.3 Å². The van der Waals surface area contributed by atoms with Crippen LogP contribution in [0.4, 0.5) is 4.39 Å². The first kappa shape index (κ1) is 20.7. The number of unbranched alkanes of at least 4 members (excludes halogenated alkanes) is 2. The second-order valence-corrected chi connectivity index (χ2v) is 7.06. The third-order valence-corrected chi connectivity index (χ3v) is 4.82. The van der Waals surface area contributed by atoms with Crippen molar-refractivity contribution in [3.05, 3.63) is 89.2 Å². The topological polar surface area (TPSA) is 9.23 Å². The van der Waals surface area contributed by atoms with Gasteiger partial charge in [-0.15, -0.1) is 0 Å². The highest BCUT2D eigenvalue weighted by Gasteiger charge is 2.06. The zero-order chi connectivity index (χ0) is 20.5. The summed E-state index contributed by atoms with van der Waals surface area (Å²) in [5, 5.41) is 0. The van der Waals surface area contributed by atoms with Gasteiger partial charge < -0.3 is 4.74 Å². The van der Waals surface area contributed by atoms with Crippen molar-refractivity contribution in [3.63, 3.8) is 0 Å². The van der Waals surface area contributed by atoms with Crippen LogP contribution in [0, 0.1) is 17.7 Å². The highest BCUT2D eigenvalue weighted by molar-refractivity contribution is 5.65. The Morgan fingerprint density at radius 1 is 0.793 bits per heavy atom. The molecule has 0 heterocycles. The number of ether oxygens (including phenoxy) is 1. The standard InChI is InChI=1S/C27H27FO/c1-3-5-6-7-21-10-15-24(16-11-21)26-19-14-23(20-27(26)28)9-8-22-12-17-25(18-13-22)29-4-2/h10-20H,3-7H2,1-2H3. The van der Waals surface area contributed by atoms with Crippen molar-refractivity contribution in [2.75, 3.05) is 6.61 Å². The number of hydrogen-bond acceptors (Lipinski definition) is 1. The van der Waals surface area contributed by atoms with E-state index in [1.807, 2.05) is 55.5 Å². The summed E-state index contributed by atoms with van der Waals surface area (Å²) in [6.07, 6.45) is 4.75. The van der Waals surface area contributed by atoms with Crippen LogP contribution in [0.25, 0.3) is 11.1 Å². The molecular formula is C27H27FO. The van der Waals surface area contributed by atoms with E-state index < -0.39 is 0 Å². The van der Waals surface area contributed by atoms with Crippen molar-refractivity contribution in [2.24, 2.45) is 0 Å². The number of rotatable bonds is 7. The predicted molar refractivity (Wildman–Crippen MR) is 119 cm³/mol. The normalized spacial score (nSPS) is 10.3. The van der Waals surface area contributed by atoms with Crippen molar-refractivity contribution in [2.45, 2.75) is 39.5 Å². The maximum atomic E-state index is 14.7. The molecule has 0 saturated carbocycles. The summed E-state index contributed by atoms with van der Waals surface area (Å²) in [7, 11) is 0. The first-order valence-corrected chi connectivity index (χ1v) is 10.3. The van der Waals surface area contributed by atoms with E-state index in [1.54, 1.807) is 0 Å². The molecule has 3 rings (SSSR count). The zero-order valence-corrected chi connectivity index (χ0v) is 17.2. The fourth-order valence-electron chi connectivity index (χ4n) is 3.20. The van der Waals surface area contributed by atoms with Crippen molar-refractivity contribution < 1.29 is 9.13 Å². The largest absolute Gasteiger partial charge is 0.494 e. The molecule has 0 radical (unpaired) electrons. The quantitative estimate of drug-likeness (QED) is 0.313. The lowest BCUT2D eigenvalue weighted by molar-refractivity contribution is 0.340. The Balaban J connectivity index is 1.70. The fraction of sp³-hybridized carbons (Fsp3) is 0.259. The SMILES string of the molecule is CCCCCc1ccc(-c2ccc(C#Cc3ccc(OCC)cc3)cc2F)cc1. The van der Waals surface area contributed by atoms with Crippen LogP contribution in [0.3, 0.4) is 0 Å². The second kappa shape index (κ2) is 10.5. The van der Waals surface area contributed by atoms with Crippen molar-refractivity contribution in [1.82, 2.24) is 0 Å². The monoisotopic (exact) mass is 386 g/mol. The van der Waals surface area contributed by atoms with Crippen molar-refractivity contribution >= 4 is 0 Å². The average Bonchev–Trinajstić information content (AvgIpc) is 2.74. The Kier molecular flexibility index (Phi) is 7.47. The van der Waals surface area contributed by atoms with Gasteiger partial charge in [-0.05, 0) is 67.3 Å². The van der Waals surface area contributed by atoms with Crippen molar-refractivity contribution in [3.8, 4) is 28.7 Å². The van der Waals surface area contributed by atoms with E-state index in [9.17, 15) is 4.39 Å². The van der Waals surface area contributed by atoms with Crippen LogP contribution in [-0.2, 0) is 6.42 Å². The Morgan fingerprint density at radius 2 is 1.48 bits per heavy atom. The molecule has 0 spiro atoms. The van der Waals surface area contributed by atoms with E-state index in [-0.39, 0.29) is 5.82 Å². The summed E-state index contributed by atoms with van der Waals surface area (Å²) >= 11 is 0. The summed E-state index contributed by atoms with van der Waals surface area (Å²) in [4.78, 5) is 0. The van der Waals surface area contributed by atoms with E-state index in [1.165, 1.54) is 30.9 Å². The average molecular weight is 387 g/mol. The van der Waals surface area contributed by atoms with Gasteiger partial charge in [0, 0.05) is 16.7 Å². The number of aryl methyl sites for hydroxylation is 1. The molecule has 3 aromatic rings. The fourth-order valence-corrected chi connectivity index (χ4v) is 3.20. The molecule has 29 heavy (non-hydrogen) atoms. The van der Waals surface area contributed by atoms with Crippen LogP contribution in [0.2, 0.25) is 0 Å². The molecule has 0 aliphatic heterocycles. The highest BCUT2D eigenvalue weighted by atomic mass is 19.1. The number of halogens is 1. The van der Waals surface area contributed by atoms with Gasteiger partial charge in [0.2, 0.25) is 0 Å². The number of benzene rings is 3. The Morgan fingerprint density at radius 3 is 2.14 bits per heavy atom. The third kappa shape index (κ3) is 5.96. The molecule has 0 fully saturated rings. The molecule has 1 nitrogen and oxygen atoms in total. The third-order valence-electron chi connectivity index (χ3n) is 4.82. The lowest BCUT2D eigenvalue weighted by atomic mass is 10.00. The minimum absolute atomic E-state index is 0.248. The predicted octanol–water partition coefficient (Wildman–Crippen LogP) is 7.02. The van der Waals surface area contributed by atoms with Crippen LogP contribution in [0.15, 0.2) is 66.7 Å². The summed E-state index contributed by atoms with van der Waals surface area (Å²) in [5.74, 6) is 6.69. The highest BCUT2D eigenvalue weighted by Crippen LogP contribution is 2.24. The van der Waals surface area contributed by atoms with E-state index in [4.69, 9.17) is 4.74 Å². The molecule has 0 unspecified atom stereocenters. The number of hydrogen-bond donors (Lipinski definition) is 0. The molecule has 0 bridgehead atoms. The summed E-state index contributed by atoms with van der Waals surface area (Å²) < 4.78 is 20.1. The van der Waals surface area contributed by atoms with Crippen molar-refractivity contribution in [1.29, 1.82) is 0 Å². The molecule has 0 aromatic heterocycles. The summed E-state index contributed by atoms with van der Waals surface area (Å²) in [6.45, 7) is 4.80. The first-order chi connectivity index (χ1) is 14.2. The Bertz CT molecular complexity index is 976. The molecule has 0 aliphatic carbocycles. The molecule has 0 saturated heterocycles. The van der Waals surface area contributed by atoms with Gasteiger partial charge in [-0.25, -0.2) is 4.39 Å². The minimum atomic E-state index is -0.248. The van der Waals surface area contributed by atoms with Gasteiger partial charge in [-0.1, -0.05) is 61.9 Å². The smallest absolute Gasteiger partial charge is 0.132 e.